The molecule has 1 aromatic heterocycles. The Morgan fingerprint density at radius 2 is 1.90 bits per heavy atom. The van der Waals surface area contributed by atoms with Crippen molar-refractivity contribution in [1.29, 1.82) is 0 Å². The lowest BCUT2D eigenvalue weighted by molar-refractivity contribution is 0.0661. The zero-order valence-corrected chi connectivity index (χ0v) is 12.2. The third-order valence-electron chi connectivity index (χ3n) is 3.00. The summed E-state index contributed by atoms with van der Waals surface area (Å²) in [5.74, 6) is -2.35. The first-order valence-electron chi connectivity index (χ1n) is 5.68. The first-order valence-corrected chi connectivity index (χ1v) is 8.94. The van der Waals surface area contributed by atoms with E-state index in [1.165, 1.54) is 6.92 Å². The molecule has 20 heavy (non-hydrogen) atoms. The molecular formula is C10H13NO7S2. The van der Waals surface area contributed by atoms with Crippen LogP contribution in [0.5, 0.6) is 0 Å². The number of aryl methyl sites for hydroxylation is 1. The van der Waals surface area contributed by atoms with Crippen LogP contribution in [0.3, 0.4) is 0 Å². The van der Waals surface area contributed by atoms with Gasteiger partial charge in [-0.1, -0.05) is 0 Å². The predicted octanol–water partition coefficient (Wildman–Crippen LogP) is -0.295. The van der Waals surface area contributed by atoms with Crippen LogP contribution in [0.4, 0.5) is 0 Å². The molecule has 0 aromatic carbocycles. The molecule has 1 aliphatic rings. The van der Waals surface area contributed by atoms with Crippen molar-refractivity contribution in [1.82, 2.24) is 4.31 Å². The van der Waals surface area contributed by atoms with E-state index < -0.39 is 31.6 Å². The first-order chi connectivity index (χ1) is 9.13. The van der Waals surface area contributed by atoms with E-state index in [4.69, 9.17) is 9.52 Å². The Labute approximate surface area is 116 Å². The van der Waals surface area contributed by atoms with Crippen LogP contribution in [-0.2, 0) is 19.9 Å². The van der Waals surface area contributed by atoms with Crippen LogP contribution in [-0.4, -0.2) is 56.8 Å². The SMILES string of the molecule is Cc1oc(C(=O)O)cc1S(=O)(=O)N1CCS(=O)(=O)CC1. The number of carboxylic acid groups (broad SMARTS) is 1. The molecule has 0 aliphatic carbocycles. The summed E-state index contributed by atoms with van der Waals surface area (Å²) in [7, 11) is -7.14. The Bertz CT molecular complexity index is 731. The fourth-order valence-electron chi connectivity index (χ4n) is 1.90. The van der Waals surface area contributed by atoms with Crippen molar-refractivity contribution >= 4 is 25.8 Å². The summed E-state index contributed by atoms with van der Waals surface area (Å²) in [6, 6.07) is 0.941. The molecule has 2 rings (SSSR count). The third kappa shape index (κ3) is 2.72. The molecule has 0 spiro atoms. The summed E-state index contributed by atoms with van der Waals surface area (Å²) in [6.45, 7) is 1.06. The molecule has 10 heteroatoms. The summed E-state index contributed by atoms with van der Waals surface area (Å²) in [4.78, 5) is 10.5. The highest BCUT2D eigenvalue weighted by molar-refractivity contribution is 7.92. The highest BCUT2D eigenvalue weighted by Gasteiger charge is 2.34. The van der Waals surface area contributed by atoms with Crippen molar-refractivity contribution in [3.05, 3.63) is 17.6 Å². The number of carbonyl (C=O) groups is 1. The van der Waals surface area contributed by atoms with E-state index in [2.05, 4.69) is 0 Å². The van der Waals surface area contributed by atoms with Gasteiger partial charge in [0.2, 0.25) is 15.8 Å². The lowest BCUT2D eigenvalue weighted by Gasteiger charge is -2.25. The molecule has 0 atom stereocenters. The van der Waals surface area contributed by atoms with Gasteiger partial charge in [0, 0.05) is 19.2 Å². The smallest absolute Gasteiger partial charge is 0.371 e. The third-order valence-corrected chi connectivity index (χ3v) is 6.62. The quantitative estimate of drug-likeness (QED) is 0.810. The van der Waals surface area contributed by atoms with Crippen LogP contribution >= 0.6 is 0 Å². The molecule has 0 saturated carbocycles. The van der Waals surface area contributed by atoms with E-state index in [1.807, 2.05) is 0 Å². The fraction of sp³-hybridized carbons (Fsp3) is 0.500. The van der Waals surface area contributed by atoms with Gasteiger partial charge in [-0.25, -0.2) is 21.6 Å². The maximum absolute atomic E-state index is 12.3. The molecule has 0 bridgehead atoms. The van der Waals surface area contributed by atoms with E-state index in [0.29, 0.717) is 0 Å². The van der Waals surface area contributed by atoms with Gasteiger partial charge < -0.3 is 9.52 Å². The summed E-state index contributed by atoms with van der Waals surface area (Å²) < 4.78 is 53.2. The largest absolute Gasteiger partial charge is 0.475 e. The maximum Gasteiger partial charge on any atom is 0.371 e. The van der Waals surface area contributed by atoms with Gasteiger partial charge in [-0.3, -0.25) is 0 Å². The fourth-order valence-corrected chi connectivity index (χ4v) is 4.94. The predicted molar refractivity (Wildman–Crippen MR) is 67.8 cm³/mol. The van der Waals surface area contributed by atoms with Crippen LogP contribution in [0.2, 0.25) is 0 Å². The molecule has 1 saturated heterocycles. The molecule has 1 aliphatic heterocycles. The van der Waals surface area contributed by atoms with Crippen molar-refractivity contribution < 1.29 is 31.2 Å². The molecule has 1 aromatic rings. The van der Waals surface area contributed by atoms with E-state index in [-0.39, 0.29) is 35.3 Å². The number of furan rings is 1. The van der Waals surface area contributed by atoms with Crippen LogP contribution in [0.25, 0.3) is 0 Å². The number of nitrogens with zero attached hydrogens (tertiary/aromatic N) is 1. The maximum atomic E-state index is 12.3. The van der Waals surface area contributed by atoms with E-state index >= 15 is 0 Å². The summed E-state index contributed by atoms with van der Waals surface area (Å²) in [5, 5.41) is 8.79. The van der Waals surface area contributed by atoms with Gasteiger partial charge in [0.15, 0.2) is 9.84 Å². The molecule has 0 amide bonds. The average molecular weight is 323 g/mol. The van der Waals surface area contributed by atoms with Crippen LogP contribution in [0.15, 0.2) is 15.4 Å². The molecular weight excluding hydrogens is 310 g/mol. The lowest BCUT2D eigenvalue weighted by atomic mass is 10.4. The van der Waals surface area contributed by atoms with E-state index in [1.54, 1.807) is 0 Å². The van der Waals surface area contributed by atoms with Gasteiger partial charge in [0.25, 0.3) is 0 Å². The number of hydrogen-bond donors (Lipinski definition) is 1. The van der Waals surface area contributed by atoms with Gasteiger partial charge in [0.1, 0.15) is 10.7 Å². The second-order valence-corrected chi connectivity index (χ2v) is 8.60. The van der Waals surface area contributed by atoms with Gasteiger partial charge >= 0.3 is 5.97 Å². The Morgan fingerprint density at radius 1 is 1.35 bits per heavy atom. The van der Waals surface area contributed by atoms with Crippen LogP contribution < -0.4 is 0 Å². The minimum Gasteiger partial charge on any atom is -0.475 e. The molecule has 1 N–H and O–H groups in total. The van der Waals surface area contributed by atoms with Gasteiger partial charge in [0.05, 0.1) is 11.5 Å². The molecule has 112 valence electrons. The number of aromatic carboxylic acids is 1. The van der Waals surface area contributed by atoms with Crippen molar-refractivity contribution in [3.8, 4) is 0 Å². The van der Waals surface area contributed by atoms with Crippen molar-refractivity contribution in [2.75, 3.05) is 24.6 Å². The lowest BCUT2D eigenvalue weighted by Crippen LogP contribution is -2.43. The second kappa shape index (κ2) is 4.86. The summed E-state index contributed by atoms with van der Waals surface area (Å²) in [6.07, 6.45) is 0. The highest BCUT2D eigenvalue weighted by atomic mass is 32.2. The summed E-state index contributed by atoms with van der Waals surface area (Å²) >= 11 is 0. The van der Waals surface area contributed by atoms with Crippen LogP contribution in [0.1, 0.15) is 16.3 Å². The molecule has 2 heterocycles. The van der Waals surface area contributed by atoms with Crippen LogP contribution in [0, 0.1) is 6.92 Å². The molecule has 0 unspecified atom stereocenters. The number of hydrogen-bond acceptors (Lipinski definition) is 6. The molecule has 1 fully saturated rings. The highest BCUT2D eigenvalue weighted by Crippen LogP contribution is 2.24. The normalized spacial score (nSPS) is 19.9. The Hall–Kier alpha value is -1.39. The van der Waals surface area contributed by atoms with Crippen molar-refractivity contribution in [2.45, 2.75) is 11.8 Å². The second-order valence-electron chi connectivity index (χ2n) is 4.39. The zero-order chi connectivity index (χ0) is 15.1. The van der Waals surface area contributed by atoms with E-state index in [9.17, 15) is 21.6 Å². The Balaban J connectivity index is 2.34. The van der Waals surface area contributed by atoms with Crippen molar-refractivity contribution in [3.63, 3.8) is 0 Å². The van der Waals surface area contributed by atoms with Gasteiger partial charge in [-0.05, 0) is 6.92 Å². The molecule has 8 nitrogen and oxygen atoms in total. The standard InChI is InChI=1S/C10H13NO7S2/c1-7-9(6-8(18-7)10(12)13)20(16,17)11-2-4-19(14,15)5-3-11/h6H,2-5H2,1H3,(H,12,13). The van der Waals surface area contributed by atoms with Gasteiger partial charge in [-0.2, -0.15) is 4.31 Å². The number of sulfone groups is 1. The van der Waals surface area contributed by atoms with E-state index in [0.717, 1.165) is 10.4 Å². The number of sulfonamides is 1. The minimum absolute atomic E-state index is 0.0316. The molecule has 0 radical (unpaired) electrons. The van der Waals surface area contributed by atoms with Crippen molar-refractivity contribution in [2.24, 2.45) is 0 Å². The first kappa shape index (κ1) is 15.0. The van der Waals surface area contributed by atoms with Gasteiger partial charge in [-0.15, -0.1) is 0 Å². The number of rotatable bonds is 3. The monoisotopic (exact) mass is 323 g/mol. The average Bonchev–Trinajstić information content (AvgIpc) is 2.71. The zero-order valence-electron chi connectivity index (χ0n) is 10.6. The topological polar surface area (TPSA) is 122 Å². The summed E-state index contributed by atoms with van der Waals surface area (Å²) in [5.41, 5.74) is 0. The Kier molecular flexibility index (Phi) is 3.65. The minimum atomic E-state index is -3.94. The number of carboxylic acids is 1. The Morgan fingerprint density at radius 3 is 2.35 bits per heavy atom.